The van der Waals surface area contributed by atoms with Gasteiger partial charge in [0.15, 0.2) is 0 Å². The van der Waals surface area contributed by atoms with E-state index in [1.165, 1.54) is 103 Å². The zero-order valence-corrected chi connectivity index (χ0v) is 31.2. The quantitative estimate of drug-likeness (QED) is 0.0825. The van der Waals surface area contributed by atoms with Crippen LogP contribution in [0.25, 0.3) is 0 Å². The molecule has 6 heteroatoms. The van der Waals surface area contributed by atoms with Crippen LogP contribution in [0.2, 0.25) is 0 Å². The van der Waals surface area contributed by atoms with E-state index in [-0.39, 0.29) is 0 Å². The molecule has 0 aromatic heterocycles. The SMILES string of the molecule is CCCCP(CCCC)(CCCC)(CCCC)OP(C)(=O)OP(CCCC)(CCCC)(CCCC)CCCC. The first-order valence-electron chi connectivity index (χ1n) is 17.5. The molecule has 0 saturated heterocycles. The average Bonchev–Trinajstić information content (AvgIpc) is 2.93. The molecule has 0 amide bonds. The minimum atomic E-state index is -3.27. The van der Waals surface area contributed by atoms with Crippen LogP contribution in [0, 0.1) is 0 Å². The fraction of sp³-hybridized carbons (Fsp3) is 1.00. The summed E-state index contributed by atoms with van der Waals surface area (Å²) in [6.45, 7) is 15.0. The number of hydrogen-bond donors (Lipinski definition) is 0. The number of hydrogen-bond acceptors (Lipinski definition) is 3. The zero-order chi connectivity index (χ0) is 29.8. The molecular weight excluding hydrogens is 537 g/mol. The molecule has 0 unspecified atom stereocenters. The van der Waals surface area contributed by atoms with E-state index in [9.17, 15) is 0 Å². The van der Waals surface area contributed by atoms with Gasteiger partial charge in [0.1, 0.15) is 0 Å². The van der Waals surface area contributed by atoms with E-state index in [4.69, 9.17) is 8.62 Å². The Balaban J connectivity index is 7.02. The Hall–Kier alpha value is 1.01. The molecule has 0 atom stereocenters. The fourth-order valence-electron chi connectivity index (χ4n) is 6.99. The van der Waals surface area contributed by atoms with Crippen molar-refractivity contribution in [2.75, 3.05) is 56.0 Å². The van der Waals surface area contributed by atoms with Crippen LogP contribution < -0.4 is 0 Å². The van der Waals surface area contributed by atoms with Crippen molar-refractivity contribution in [1.82, 2.24) is 0 Å². The molecule has 0 aromatic rings. The predicted octanol–water partition coefficient (Wildman–Crippen LogP) is 13.2. The van der Waals surface area contributed by atoms with Crippen molar-refractivity contribution in [2.24, 2.45) is 0 Å². The first kappa shape index (κ1) is 40.0. The van der Waals surface area contributed by atoms with Gasteiger partial charge in [-0.05, 0) is 0 Å². The Morgan fingerprint density at radius 3 is 0.667 bits per heavy atom. The van der Waals surface area contributed by atoms with Gasteiger partial charge < -0.3 is 0 Å². The molecule has 0 spiro atoms. The summed E-state index contributed by atoms with van der Waals surface area (Å²) in [7, 11) is -3.27. The van der Waals surface area contributed by atoms with Gasteiger partial charge in [0, 0.05) is 0 Å². The van der Waals surface area contributed by atoms with Crippen LogP contribution in [0.15, 0.2) is 0 Å². The zero-order valence-electron chi connectivity index (χ0n) is 28.5. The first-order chi connectivity index (χ1) is 18.5. The second-order valence-corrected chi connectivity index (χ2v) is 27.1. The second-order valence-electron chi connectivity index (χ2n) is 13.3. The Bertz CT molecular complexity index is 528. The maximum atomic E-state index is 15.2. The number of unbranched alkanes of at least 4 members (excludes halogenated alkanes) is 8. The van der Waals surface area contributed by atoms with Gasteiger partial charge in [-0.15, -0.1) is 0 Å². The Kier molecular flexibility index (Phi) is 20.6. The normalized spacial score (nSPS) is 16.3. The van der Waals surface area contributed by atoms with Crippen LogP contribution in [0.3, 0.4) is 0 Å². The van der Waals surface area contributed by atoms with Crippen LogP contribution in [-0.4, -0.2) is 56.0 Å². The van der Waals surface area contributed by atoms with Gasteiger partial charge in [0.05, 0.1) is 0 Å². The third kappa shape index (κ3) is 13.5. The summed E-state index contributed by atoms with van der Waals surface area (Å²) in [5.41, 5.74) is 0. The van der Waals surface area contributed by atoms with E-state index in [1.54, 1.807) is 0 Å². The van der Waals surface area contributed by atoms with Crippen molar-refractivity contribution in [3.63, 3.8) is 0 Å². The first-order valence-corrected chi connectivity index (χ1v) is 25.3. The van der Waals surface area contributed by atoms with Crippen molar-refractivity contribution in [3.05, 3.63) is 0 Å². The van der Waals surface area contributed by atoms with Crippen molar-refractivity contribution in [1.29, 1.82) is 0 Å². The van der Waals surface area contributed by atoms with Crippen molar-refractivity contribution >= 4 is 21.3 Å². The summed E-state index contributed by atoms with van der Waals surface area (Å²) in [6, 6.07) is 0. The summed E-state index contributed by atoms with van der Waals surface area (Å²) in [6.07, 6.45) is 28.1. The molecule has 0 N–H and O–H groups in total. The monoisotopic (exact) mass is 612 g/mol. The molecule has 0 radical (unpaired) electrons. The summed E-state index contributed by atoms with van der Waals surface area (Å²) in [4.78, 5) is 0. The standard InChI is InChI=1S/C33H75O3P3/c1-10-18-26-38(27-19-11-2,28-20-12-3,29-21-13-4)35-37(9,34)36-39(30-22-14-5,31-23-15-6,32-24-16-7)33-25-17-8/h10-33H2,1-9H3. The molecule has 0 heterocycles. The van der Waals surface area contributed by atoms with Crippen LogP contribution in [0.1, 0.15) is 158 Å². The third-order valence-corrected chi connectivity index (χ3v) is 27.0. The maximum absolute atomic E-state index is 15.2. The molecule has 0 aliphatic heterocycles. The van der Waals surface area contributed by atoms with Gasteiger partial charge in [-0.25, -0.2) is 0 Å². The van der Waals surface area contributed by atoms with E-state index in [1.807, 2.05) is 6.66 Å². The van der Waals surface area contributed by atoms with E-state index < -0.39 is 21.3 Å². The van der Waals surface area contributed by atoms with E-state index in [2.05, 4.69) is 55.4 Å². The predicted molar refractivity (Wildman–Crippen MR) is 188 cm³/mol. The van der Waals surface area contributed by atoms with Crippen molar-refractivity contribution in [3.8, 4) is 0 Å². The Labute approximate surface area is 248 Å². The van der Waals surface area contributed by atoms with Gasteiger partial charge in [0.2, 0.25) is 0 Å². The molecule has 0 aliphatic carbocycles. The molecule has 0 aliphatic rings. The molecule has 0 fully saturated rings. The summed E-state index contributed by atoms with van der Waals surface area (Å²) in [5, 5.41) is 0. The van der Waals surface area contributed by atoms with Gasteiger partial charge >= 0.3 is 249 Å². The molecule has 240 valence electrons. The van der Waals surface area contributed by atoms with Gasteiger partial charge in [-0.3, -0.25) is 0 Å². The Morgan fingerprint density at radius 2 is 0.538 bits per heavy atom. The molecule has 39 heavy (non-hydrogen) atoms. The second kappa shape index (κ2) is 20.1. The van der Waals surface area contributed by atoms with Gasteiger partial charge in [0.25, 0.3) is 0 Å². The van der Waals surface area contributed by atoms with Crippen LogP contribution >= 0.6 is 21.3 Å². The van der Waals surface area contributed by atoms with Gasteiger partial charge in [-0.1, -0.05) is 0 Å². The van der Waals surface area contributed by atoms with E-state index >= 15 is 4.57 Å². The molecule has 0 saturated carbocycles. The molecular formula is C33H75O3P3. The molecule has 3 nitrogen and oxygen atoms in total. The van der Waals surface area contributed by atoms with Gasteiger partial charge in [-0.2, -0.15) is 0 Å². The molecule has 0 aromatic carbocycles. The average molecular weight is 613 g/mol. The molecule has 0 bridgehead atoms. The van der Waals surface area contributed by atoms with Crippen LogP contribution in [0.4, 0.5) is 0 Å². The topological polar surface area (TPSA) is 35.5 Å². The fourth-order valence-corrected chi connectivity index (χ4v) is 28.3. The van der Waals surface area contributed by atoms with E-state index in [0.717, 1.165) is 49.3 Å². The van der Waals surface area contributed by atoms with Crippen LogP contribution in [0.5, 0.6) is 0 Å². The summed E-state index contributed by atoms with van der Waals surface area (Å²) >= 11 is 0. The Morgan fingerprint density at radius 1 is 0.385 bits per heavy atom. The third-order valence-electron chi connectivity index (χ3n) is 9.38. The molecule has 0 rings (SSSR count). The van der Waals surface area contributed by atoms with Crippen LogP contribution in [-0.2, 0) is 13.2 Å². The van der Waals surface area contributed by atoms with Crippen molar-refractivity contribution < 1.29 is 13.2 Å². The summed E-state index contributed by atoms with van der Waals surface area (Å²) in [5.74, 6) is 0. The number of rotatable bonds is 28. The van der Waals surface area contributed by atoms with E-state index in [0.29, 0.717) is 0 Å². The van der Waals surface area contributed by atoms with Crippen molar-refractivity contribution in [2.45, 2.75) is 158 Å². The minimum absolute atomic E-state index is 1.15. The summed E-state index contributed by atoms with van der Waals surface area (Å²) < 4.78 is 30.2.